The molecule has 1 atom stereocenters. The molecule has 0 amide bonds. The van der Waals surface area contributed by atoms with Crippen molar-refractivity contribution in [3.8, 4) is 0 Å². The van der Waals surface area contributed by atoms with Crippen molar-refractivity contribution in [2.75, 3.05) is 19.6 Å². The van der Waals surface area contributed by atoms with Gasteiger partial charge in [0.1, 0.15) is 0 Å². The Morgan fingerprint density at radius 2 is 1.36 bits per heavy atom. The van der Waals surface area contributed by atoms with Crippen LogP contribution in [0.1, 0.15) is 45.4 Å². The summed E-state index contributed by atoms with van der Waals surface area (Å²) in [7, 11) is -7.10. The van der Waals surface area contributed by atoms with Gasteiger partial charge in [0.25, 0.3) is 0 Å². The van der Waals surface area contributed by atoms with E-state index < -0.39 is 20.0 Å². The molecule has 25 heavy (non-hydrogen) atoms. The molecule has 2 fully saturated rings. The van der Waals surface area contributed by atoms with Crippen LogP contribution in [0.15, 0.2) is 34.1 Å². The zero-order valence-corrected chi connectivity index (χ0v) is 16.2. The maximum Gasteiger partial charge on any atom is 0.243 e. The Balaban J connectivity index is 1.86. The molecule has 0 radical (unpaired) electrons. The Kier molecular flexibility index (Phi) is 5.53. The largest absolute Gasteiger partial charge is 0.243 e. The van der Waals surface area contributed by atoms with Crippen LogP contribution in [0.2, 0.25) is 0 Å². The second-order valence-electron chi connectivity index (χ2n) is 6.76. The molecule has 2 aliphatic heterocycles. The second-order valence-corrected chi connectivity index (χ2v) is 10.6. The van der Waals surface area contributed by atoms with Gasteiger partial charge in [-0.2, -0.15) is 8.61 Å². The smallest absolute Gasteiger partial charge is 0.207 e. The van der Waals surface area contributed by atoms with Crippen LogP contribution in [0.5, 0.6) is 0 Å². The van der Waals surface area contributed by atoms with Crippen molar-refractivity contribution in [1.82, 2.24) is 8.61 Å². The molecule has 1 aromatic rings. The molecule has 0 saturated carbocycles. The molecule has 3 rings (SSSR count). The summed E-state index contributed by atoms with van der Waals surface area (Å²) in [5, 5.41) is 0. The molecule has 2 aliphatic rings. The summed E-state index contributed by atoms with van der Waals surface area (Å²) in [6.07, 6.45) is 5.35. The summed E-state index contributed by atoms with van der Waals surface area (Å²) in [4.78, 5) is 0.340. The molecule has 0 N–H and O–H groups in total. The molecule has 140 valence electrons. The summed E-state index contributed by atoms with van der Waals surface area (Å²) in [5.41, 5.74) is 0. The van der Waals surface area contributed by atoms with E-state index in [2.05, 4.69) is 0 Å². The Hall–Kier alpha value is -0.960. The van der Waals surface area contributed by atoms with Crippen LogP contribution in [-0.4, -0.2) is 51.1 Å². The van der Waals surface area contributed by atoms with Gasteiger partial charge in [0.05, 0.1) is 9.79 Å². The van der Waals surface area contributed by atoms with Gasteiger partial charge < -0.3 is 0 Å². The molecule has 0 aromatic heterocycles. The van der Waals surface area contributed by atoms with E-state index >= 15 is 0 Å². The Morgan fingerprint density at radius 3 is 1.92 bits per heavy atom. The summed E-state index contributed by atoms with van der Waals surface area (Å²) < 4.78 is 54.1. The van der Waals surface area contributed by atoms with Gasteiger partial charge >= 0.3 is 0 Å². The monoisotopic (exact) mass is 386 g/mol. The molecule has 1 aromatic carbocycles. The van der Waals surface area contributed by atoms with E-state index in [1.165, 1.54) is 28.6 Å². The van der Waals surface area contributed by atoms with E-state index in [4.69, 9.17) is 0 Å². The fourth-order valence-electron chi connectivity index (χ4n) is 3.69. The zero-order valence-electron chi connectivity index (χ0n) is 14.6. The van der Waals surface area contributed by atoms with Crippen LogP contribution >= 0.6 is 0 Å². The van der Waals surface area contributed by atoms with E-state index in [-0.39, 0.29) is 15.8 Å². The van der Waals surface area contributed by atoms with E-state index in [0.29, 0.717) is 19.6 Å². The van der Waals surface area contributed by atoms with Gasteiger partial charge in [-0.05, 0) is 56.4 Å². The van der Waals surface area contributed by atoms with Crippen LogP contribution in [0.4, 0.5) is 0 Å². The summed E-state index contributed by atoms with van der Waals surface area (Å²) in [6, 6.07) is 5.74. The molecular formula is C17H26N2O4S2. The lowest BCUT2D eigenvalue weighted by molar-refractivity contribution is 0.246. The van der Waals surface area contributed by atoms with Crippen LogP contribution in [0.25, 0.3) is 0 Å². The first-order chi connectivity index (χ1) is 11.9. The summed E-state index contributed by atoms with van der Waals surface area (Å²) in [6.45, 7) is 3.61. The van der Waals surface area contributed by atoms with Gasteiger partial charge in [-0.25, -0.2) is 16.8 Å². The molecule has 6 nitrogen and oxygen atoms in total. The predicted molar refractivity (Wildman–Crippen MR) is 96.3 cm³/mol. The van der Waals surface area contributed by atoms with Crippen molar-refractivity contribution in [3.63, 3.8) is 0 Å². The van der Waals surface area contributed by atoms with Gasteiger partial charge in [-0.15, -0.1) is 0 Å². The highest BCUT2D eigenvalue weighted by atomic mass is 32.2. The van der Waals surface area contributed by atoms with Gasteiger partial charge in [-0.1, -0.05) is 13.3 Å². The fraction of sp³-hybridized carbons (Fsp3) is 0.647. The number of rotatable bonds is 5. The maximum absolute atomic E-state index is 12.9. The Bertz CT molecular complexity index is 798. The van der Waals surface area contributed by atoms with Gasteiger partial charge in [0.2, 0.25) is 20.0 Å². The highest BCUT2D eigenvalue weighted by Crippen LogP contribution is 2.28. The number of hydrogen-bond donors (Lipinski definition) is 0. The van der Waals surface area contributed by atoms with Crippen LogP contribution in [0.3, 0.4) is 0 Å². The number of sulfonamides is 2. The van der Waals surface area contributed by atoms with Gasteiger partial charge in [0.15, 0.2) is 0 Å². The molecule has 2 heterocycles. The maximum atomic E-state index is 12.9. The van der Waals surface area contributed by atoms with Crippen molar-refractivity contribution in [2.45, 2.75) is 61.3 Å². The average molecular weight is 387 g/mol. The SMILES string of the molecule is CC[C@@H]1CCCCN1S(=O)(=O)c1ccc(S(=O)(=O)N2CCCC2)cc1. The van der Waals surface area contributed by atoms with Crippen molar-refractivity contribution in [1.29, 1.82) is 0 Å². The average Bonchev–Trinajstić information content (AvgIpc) is 3.17. The quantitative estimate of drug-likeness (QED) is 0.779. The Labute approximate surface area is 150 Å². The van der Waals surface area contributed by atoms with Crippen molar-refractivity contribution in [2.24, 2.45) is 0 Å². The van der Waals surface area contributed by atoms with E-state index in [1.54, 1.807) is 4.31 Å². The standard InChI is InChI=1S/C17H26N2O4S2/c1-2-15-7-3-4-14-19(15)25(22,23)17-10-8-16(9-11-17)24(20,21)18-12-5-6-13-18/h8-11,15H,2-7,12-14H2,1H3/t15-/m1/s1. The molecule has 0 bridgehead atoms. The highest BCUT2D eigenvalue weighted by molar-refractivity contribution is 7.89. The summed E-state index contributed by atoms with van der Waals surface area (Å²) in [5.74, 6) is 0. The number of piperidine rings is 1. The first-order valence-electron chi connectivity index (χ1n) is 8.99. The fourth-order valence-corrected chi connectivity index (χ4v) is 6.98. The van der Waals surface area contributed by atoms with Gasteiger partial charge in [-0.3, -0.25) is 0 Å². The topological polar surface area (TPSA) is 74.8 Å². The van der Waals surface area contributed by atoms with Crippen LogP contribution in [0, 0.1) is 0 Å². The lowest BCUT2D eigenvalue weighted by Crippen LogP contribution is -2.43. The minimum absolute atomic E-state index is 0.0340. The zero-order chi connectivity index (χ0) is 18.1. The number of nitrogens with zero attached hydrogens (tertiary/aromatic N) is 2. The van der Waals surface area contributed by atoms with Crippen molar-refractivity contribution < 1.29 is 16.8 Å². The molecular weight excluding hydrogens is 360 g/mol. The highest BCUT2D eigenvalue weighted by Gasteiger charge is 2.33. The first kappa shape index (κ1) is 18.8. The van der Waals surface area contributed by atoms with Crippen LogP contribution in [-0.2, 0) is 20.0 Å². The van der Waals surface area contributed by atoms with E-state index in [0.717, 1.165) is 38.5 Å². The van der Waals surface area contributed by atoms with E-state index in [1.807, 2.05) is 6.92 Å². The van der Waals surface area contributed by atoms with Gasteiger partial charge in [0, 0.05) is 25.7 Å². The minimum atomic E-state index is -3.58. The third-order valence-corrected chi connectivity index (χ3v) is 9.06. The molecule has 2 saturated heterocycles. The van der Waals surface area contributed by atoms with E-state index in [9.17, 15) is 16.8 Å². The number of benzene rings is 1. The summed E-state index contributed by atoms with van der Waals surface area (Å²) >= 11 is 0. The molecule has 8 heteroatoms. The number of hydrogen-bond acceptors (Lipinski definition) is 4. The van der Waals surface area contributed by atoms with Crippen LogP contribution < -0.4 is 0 Å². The van der Waals surface area contributed by atoms with Crippen molar-refractivity contribution in [3.05, 3.63) is 24.3 Å². The minimum Gasteiger partial charge on any atom is -0.207 e. The third-order valence-electron chi connectivity index (χ3n) is 5.18. The predicted octanol–water partition coefficient (Wildman–Crippen LogP) is 2.42. The lowest BCUT2D eigenvalue weighted by Gasteiger charge is -2.34. The molecule has 0 spiro atoms. The molecule has 0 aliphatic carbocycles. The lowest BCUT2D eigenvalue weighted by atomic mass is 10.0. The first-order valence-corrected chi connectivity index (χ1v) is 11.9. The van der Waals surface area contributed by atoms with Crippen molar-refractivity contribution >= 4 is 20.0 Å². The molecule has 0 unspecified atom stereocenters. The third kappa shape index (κ3) is 3.63. The normalized spacial score (nSPS) is 23.8. The Morgan fingerprint density at radius 1 is 0.840 bits per heavy atom. The second kappa shape index (κ2) is 7.34.